The largest absolute Gasteiger partial charge is 0.353 e. The minimum atomic E-state index is -0.734. The first-order valence-corrected chi connectivity index (χ1v) is 10.2. The molecule has 2 aromatic carbocycles. The van der Waals surface area contributed by atoms with E-state index in [1.807, 2.05) is 66.0 Å². The highest BCUT2D eigenvalue weighted by Crippen LogP contribution is 2.26. The SMILES string of the molecule is N#CCCNC(=O)C(Cc1csc2ccccc12)NC(=O)NCc1ccccc1. The van der Waals surface area contributed by atoms with Crippen LogP contribution in [-0.4, -0.2) is 24.5 Å². The maximum atomic E-state index is 12.6. The van der Waals surface area contributed by atoms with Gasteiger partial charge in [0.2, 0.25) is 5.91 Å². The van der Waals surface area contributed by atoms with Crippen molar-refractivity contribution >= 4 is 33.4 Å². The van der Waals surface area contributed by atoms with Crippen molar-refractivity contribution in [3.63, 3.8) is 0 Å². The summed E-state index contributed by atoms with van der Waals surface area (Å²) in [7, 11) is 0. The molecule has 7 heteroatoms. The third-order valence-corrected chi connectivity index (χ3v) is 5.45. The van der Waals surface area contributed by atoms with Crippen LogP contribution in [0.3, 0.4) is 0 Å². The number of benzene rings is 2. The smallest absolute Gasteiger partial charge is 0.315 e. The number of nitrogens with zero attached hydrogens (tertiary/aromatic N) is 1. The van der Waals surface area contributed by atoms with Gasteiger partial charge in [-0.15, -0.1) is 11.3 Å². The molecule has 0 aliphatic carbocycles. The molecule has 0 saturated carbocycles. The number of carbonyl (C=O) groups excluding carboxylic acids is 2. The maximum absolute atomic E-state index is 12.6. The van der Waals surface area contributed by atoms with Crippen LogP contribution < -0.4 is 16.0 Å². The molecule has 1 aromatic heterocycles. The van der Waals surface area contributed by atoms with Crippen LogP contribution in [0.5, 0.6) is 0 Å². The van der Waals surface area contributed by atoms with Crippen molar-refractivity contribution in [1.29, 1.82) is 5.26 Å². The lowest BCUT2D eigenvalue weighted by atomic mass is 10.0. The first-order valence-electron chi connectivity index (χ1n) is 9.35. The molecule has 3 N–H and O–H groups in total. The molecule has 0 saturated heterocycles. The summed E-state index contributed by atoms with van der Waals surface area (Å²) in [5.74, 6) is -0.301. The van der Waals surface area contributed by atoms with E-state index >= 15 is 0 Å². The quantitative estimate of drug-likeness (QED) is 0.501. The number of amides is 3. The van der Waals surface area contributed by atoms with Crippen LogP contribution in [0, 0.1) is 11.3 Å². The van der Waals surface area contributed by atoms with Gasteiger partial charge in [-0.3, -0.25) is 4.79 Å². The van der Waals surface area contributed by atoms with E-state index in [1.54, 1.807) is 11.3 Å². The van der Waals surface area contributed by atoms with Gasteiger partial charge < -0.3 is 16.0 Å². The van der Waals surface area contributed by atoms with Gasteiger partial charge in [0, 0.05) is 24.2 Å². The predicted molar refractivity (Wildman–Crippen MR) is 114 cm³/mol. The molecule has 0 bridgehead atoms. The minimum absolute atomic E-state index is 0.222. The molecule has 29 heavy (non-hydrogen) atoms. The number of rotatable bonds is 8. The second-order valence-corrected chi connectivity index (χ2v) is 7.44. The number of urea groups is 1. The van der Waals surface area contributed by atoms with E-state index in [0.717, 1.165) is 21.2 Å². The molecule has 3 aromatic rings. The molecule has 3 amide bonds. The molecule has 3 rings (SSSR count). The lowest BCUT2D eigenvalue weighted by molar-refractivity contribution is -0.122. The summed E-state index contributed by atoms with van der Waals surface area (Å²) in [4.78, 5) is 25.0. The Morgan fingerprint density at radius 1 is 1.03 bits per heavy atom. The third kappa shape index (κ3) is 5.80. The van der Waals surface area contributed by atoms with Crippen molar-refractivity contribution in [2.24, 2.45) is 0 Å². The summed E-state index contributed by atoms with van der Waals surface area (Å²) >= 11 is 1.61. The highest BCUT2D eigenvalue weighted by molar-refractivity contribution is 7.17. The van der Waals surface area contributed by atoms with Crippen molar-refractivity contribution in [3.8, 4) is 6.07 Å². The molecule has 148 valence electrons. The highest BCUT2D eigenvalue weighted by Gasteiger charge is 2.22. The van der Waals surface area contributed by atoms with Crippen LogP contribution in [-0.2, 0) is 17.8 Å². The summed E-state index contributed by atoms with van der Waals surface area (Å²) in [5, 5.41) is 20.1. The number of fused-ring (bicyclic) bond motifs is 1. The van der Waals surface area contributed by atoms with Gasteiger partial charge in [-0.25, -0.2) is 4.79 Å². The molecule has 0 spiro atoms. The molecule has 0 aliphatic rings. The summed E-state index contributed by atoms with van der Waals surface area (Å²) < 4.78 is 1.14. The number of nitrogens with one attached hydrogen (secondary N) is 3. The van der Waals surface area contributed by atoms with Crippen LogP contribution in [0.4, 0.5) is 4.79 Å². The Balaban J connectivity index is 1.67. The molecular weight excluding hydrogens is 384 g/mol. The second kappa shape index (κ2) is 10.2. The van der Waals surface area contributed by atoms with Crippen molar-refractivity contribution in [3.05, 3.63) is 71.1 Å². The lowest BCUT2D eigenvalue weighted by Gasteiger charge is -2.18. The Bertz CT molecular complexity index is 1010. The van der Waals surface area contributed by atoms with E-state index in [1.165, 1.54) is 0 Å². The number of hydrogen-bond acceptors (Lipinski definition) is 4. The molecule has 6 nitrogen and oxygen atoms in total. The summed E-state index contributed by atoms with van der Waals surface area (Å²) in [6.45, 7) is 0.625. The van der Waals surface area contributed by atoms with Gasteiger partial charge in [0.1, 0.15) is 6.04 Å². The molecule has 1 atom stereocenters. The Morgan fingerprint density at radius 3 is 2.59 bits per heavy atom. The predicted octanol–water partition coefficient (Wildman–Crippen LogP) is 3.34. The molecular formula is C22H22N4O2S. The maximum Gasteiger partial charge on any atom is 0.315 e. The van der Waals surface area contributed by atoms with Gasteiger partial charge in [-0.1, -0.05) is 48.5 Å². The fourth-order valence-electron chi connectivity index (χ4n) is 2.97. The summed E-state index contributed by atoms with van der Waals surface area (Å²) in [5.41, 5.74) is 1.98. The zero-order valence-electron chi connectivity index (χ0n) is 15.9. The van der Waals surface area contributed by atoms with E-state index in [9.17, 15) is 9.59 Å². The lowest BCUT2D eigenvalue weighted by Crippen LogP contribution is -2.51. The van der Waals surface area contributed by atoms with E-state index in [0.29, 0.717) is 13.0 Å². The third-order valence-electron chi connectivity index (χ3n) is 4.44. The van der Waals surface area contributed by atoms with E-state index in [4.69, 9.17) is 5.26 Å². The van der Waals surface area contributed by atoms with Crippen molar-refractivity contribution < 1.29 is 9.59 Å². The number of hydrogen-bond donors (Lipinski definition) is 3. The number of carbonyl (C=O) groups is 2. The number of thiophene rings is 1. The van der Waals surface area contributed by atoms with Crippen LogP contribution in [0.2, 0.25) is 0 Å². The van der Waals surface area contributed by atoms with Crippen LogP contribution in [0.15, 0.2) is 60.0 Å². The Kier molecular flexibility index (Phi) is 7.20. The second-order valence-electron chi connectivity index (χ2n) is 6.53. The fourth-order valence-corrected chi connectivity index (χ4v) is 3.95. The zero-order chi connectivity index (χ0) is 20.5. The monoisotopic (exact) mass is 406 g/mol. The van der Waals surface area contributed by atoms with Crippen molar-refractivity contribution in [1.82, 2.24) is 16.0 Å². The number of nitriles is 1. The Morgan fingerprint density at radius 2 is 1.79 bits per heavy atom. The van der Waals surface area contributed by atoms with Gasteiger partial charge >= 0.3 is 6.03 Å². The zero-order valence-corrected chi connectivity index (χ0v) is 16.7. The van der Waals surface area contributed by atoms with Crippen molar-refractivity contribution in [2.45, 2.75) is 25.4 Å². The molecule has 0 fully saturated rings. The van der Waals surface area contributed by atoms with Gasteiger partial charge in [0.05, 0.1) is 12.5 Å². The van der Waals surface area contributed by atoms with Crippen LogP contribution >= 0.6 is 11.3 Å². The Hall–Kier alpha value is -3.37. The molecule has 0 radical (unpaired) electrons. The van der Waals surface area contributed by atoms with Crippen LogP contribution in [0.1, 0.15) is 17.5 Å². The first-order chi connectivity index (χ1) is 14.2. The summed E-state index contributed by atoms with van der Waals surface area (Å²) in [6.07, 6.45) is 0.598. The minimum Gasteiger partial charge on any atom is -0.353 e. The standard InChI is InChI=1S/C22H22N4O2S/c23-11-6-12-24-21(27)19(13-17-15-29-20-10-5-4-9-18(17)20)26-22(28)25-14-16-7-2-1-3-8-16/h1-5,7-10,15,19H,6,12-14H2,(H,24,27)(H2,25,26,28). The van der Waals surface area contributed by atoms with Crippen molar-refractivity contribution in [2.75, 3.05) is 6.54 Å². The first kappa shape index (κ1) is 20.4. The van der Waals surface area contributed by atoms with E-state index < -0.39 is 12.1 Å². The molecule has 1 unspecified atom stereocenters. The molecule has 0 aliphatic heterocycles. The van der Waals surface area contributed by atoms with E-state index in [2.05, 4.69) is 16.0 Å². The average Bonchev–Trinajstić information content (AvgIpc) is 3.15. The normalized spacial score (nSPS) is 11.4. The van der Waals surface area contributed by atoms with Crippen LogP contribution in [0.25, 0.3) is 10.1 Å². The topological polar surface area (TPSA) is 94.0 Å². The Labute approximate surface area is 173 Å². The summed E-state index contributed by atoms with van der Waals surface area (Å²) in [6, 6.07) is 18.4. The van der Waals surface area contributed by atoms with Gasteiger partial charge in [0.25, 0.3) is 0 Å². The fraction of sp³-hybridized carbons (Fsp3) is 0.227. The average molecular weight is 407 g/mol. The molecule has 1 heterocycles. The van der Waals surface area contributed by atoms with Gasteiger partial charge in [-0.2, -0.15) is 5.26 Å². The highest BCUT2D eigenvalue weighted by atomic mass is 32.1. The van der Waals surface area contributed by atoms with E-state index in [-0.39, 0.29) is 18.9 Å². The van der Waals surface area contributed by atoms with Gasteiger partial charge in [0.15, 0.2) is 0 Å². The van der Waals surface area contributed by atoms with Gasteiger partial charge in [-0.05, 0) is 28.0 Å².